The lowest BCUT2D eigenvalue weighted by atomic mass is 10.0. The van der Waals surface area contributed by atoms with Gasteiger partial charge < -0.3 is 28.8 Å². The van der Waals surface area contributed by atoms with Gasteiger partial charge in [0.1, 0.15) is 13.2 Å². The molecule has 9 heteroatoms. The van der Waals surface area contributed by atoms with Gasteiger partial charge in [0.25, 0.3) is 7.82 Å². The Morgan fingerprint density at radius 1 is 0.386 bits per heavy atom. The highest BCUT2D eigenvalue weighted by atomic mass is 31.2. The quantitative estimate of drug-likeness (QED) is 0.0272. The summed E-state index contributed by atoms with van der Waals surface area (Å²) in [6.45, 7) is 4.69. The molecule has 0 aromatic carbocycles. The van der Waals surface area contributed by atoms with E-state index in [1.165, 1.54) is 347 Å². The van der Waals surface area contributed by atoms with Crippen LogP contribution in [0.1, 0.15) is 412 Å². The SMILES string of the molecule is CCCCCCCCCCCCCCCCCCCCCCC/C=C/CC/C=C/CC/C=C/C(O)C(COP(=O)([O-])OCC[N+](C)(C)C)NC(=O)CCCCCCCCCCCCCCCCCCCCCCCCCCCCCCCCCCCCC. The number of hydrogen-bond acceptors (Lipinski definition) is 6. The van der Waals surface area contributed by atoms with Gasteiger partial charge in [0.05, 0.1) is 39.9 Å². The number of aliphatic hydroxyl groups is 1. The first-order valence-corrected chi connectivity index (χ1v) is 40.8. The molecule has 522 valence electrons. The van der Waals surface area contributed by atoms with Gasteiger partial charge in [-0.3, -0.25) is 9.36 Å². The number of phosphoric acid groups is 1. The van der Waals surface area contributed by atoms with Crippen molar-refractivity contribution in [3.8, 4) is 0 Å². The van der Waals surface area contributed by atoms with Crippen molar-refractivity contribution in [1.82, 2.24) is 5.32 Å². The third kappa shape index (κ3) is 72.2. The zero-order valence-electron chi connectivity index (χ0n) is 60.0. The lowest BCUT2D eigenvalue weighted by molar-refractivity contribution is -0.870. The van der Waals surface area contributed by atoms with Gasteiger partial charge in [0.15, 0.2) is 0 Å². The van der Waals surface area contributed by atoms with E-state index in [-0.39, 0.29) is 12.5 Å². The molecule has 3 unspecified atom stereocenters. The third-order valence-electron chi connectivity index (χ3n) is 18.3. The summed E-state index contributed by atoms with van der Waals surface area (Å²) in [5, 5.41) is 14.0. The number of carbonyl (C=O) groups excluding carboxylic acids is 1. The Balaban J connectivity index is 4.00. The molecule has 0 heterocycles. The summed E-state index contributed by atoms with van der Waals surface area (Å²) < 4.78 is 23.5. The molecule has 0 aromatic rings. The maximum atomic E-state index is 13.1. The molecular weight excluding hydrogens is 1100 g/mol. The number of carbonyl (C=O) groups is 1. The van der Waals surface area contributed by atoms with Gasteiger partial charge in [-0.25, -0.2) is 0 Å². The maximum Gasteiger partial charge on any atom is 0.268 e. The molecule has 0 aliphatic heterocycles. The second-order valence-corrected chi connectivity index (χ2v) is 29.8. The fourth-order valence-corrected chi connectivity index (χ4v) is 13.0. The molecule has 88 heavy (non-hydrogen) atoms. The second kappa shape index (κ2) is 70.0. The Bertz CT molecular complexity index is 1530. The molecule has 0 bridgehead atoms. The molecule has 0 aliphatic rings. The standard InChI is InChI=1S/C79H155N2O6P/c1-6-8-10-12-14-16-18-20-22-24-26-28-30-32-34-36-38-39-40-41-43-45-47-49-51-53-55-57-59-61-63-65-67-69-71-73-79(83)80-77(76-87-88(84,85)86-75-74-81(3,4)5)78(82)72-70-68-66-64-62-60-58-56-54-52-50-48-46-44-42-37-35-33-31-29-27-25-23-21-19-17-15-13-11-9-7-2/h54,56,62,64,70,72,77-78,82H,6-53,55,57-61,63,65-69,71,73-76H2,1-5H3,(H-,80,83,84,85)/b56-54+,64-62+,72-70+. The van der Waals surface area contributed by atoms with Crippen LogP contribution in [-0.2, 0) is 18.4 Å². The number of aliphatic hydroxyl groups excluding tert-OH is 1. The number of likely N-dealkylation sites (N-methyl/N-ethyl adjacent to an activating group) is 1. The summed E-state index contributed by atoms with van der Waals surface area (Å²) in [6, 6.07) is -0.910. The van der Waals surface area contributed by atoms with Gasteiger partial charge in [0.2, 0.25) is 5.91 Å². The van der Waals surface area contributed by atoms with E-state index in [9.17, 15) is 19.4 Å². The lowest BCUT2D eigenvalue weighted by Gasteiger charge is -2.29. The molecule has 0 saturated carbocycles. The molecular formula is C79H155N2O6P. The minimum Gasteiger partial charge on any atom is -0.756 e. The van der Waals surface area contributed by atoms with E-state index in [0.29, 0.717) is 17.4 Å². The van der Waals surface area contributed by atoms with Crippen LogP contribution in [0.2, 0.25) is 0 Å². The fourth-order valence-electron chi connectivity index (χ4n) is 12.3. The molecule has 0 rings (SSSR count). The summed E-state index contributed by atoms with van der Waals surface area (Å²) in [5.41, 5.74) is 0. The molecule has 0 aromatic heterocycles. The van der Waals surface area contributed by atoms with E-state index in [0.717, 1.165) is 44.9 Å². The third-order valence-corrected chi connectivity index (χ3v) is 19.3. The van der Waals surface area contributed by atoms with Gasteiger partial charge in [-0.2, -0.15) is 0 Å². The van der Waals surface area contributed by atoms with Crippen LogP contribution in [-0.4, -0.2) is 68.5 Å². The summed E-state index contributed by atoms with van der Waals surface area (Å²) in [5.74, 6) is -0.202. The van der Waals surface area contributed by atoms with Crippen LogP contribution in [0.3, 0.4) is 0 Å². The molecule has 1 amide bonds. The highest BCUT2D eigenvalue weighted by molar-refractivity contribution is 7.45. The van der Waals surface area contributed by atoms with E-state index < -0.39 is 26.6 Å². The number of allylic oxidation sites excluding steroid dienone is 5. The predicted octanol–water partition coefficient (Wildman–Crippen LogP) is 24.9. The van der Waals surface area contributed by atoms with E-state index in [1.807, 2.05) is 27.2 Å². The van der Waals surface area contributed by atoms with Gasteiger partial charge in [0, 0.05) is 6.42 Å². The molecule has 3 atom stereocenters. The predicted molar refractivity (Wildman–Crippen MR) is 385 cm³/mol. The Kier molecular flexibility index (Phi) is 69.0. The van der Waals surface area contributed by atoms with Crippen LogP contribution in [0.15, 0.2) is 36.5 Å². The van der Waals surface area contributed by atoms with E-state index >= 15 is 0 Å². The maximum absolute atomic E-state index is 13.1. The first kappa shape index (κ1) is 86.7. The Labute approximate surface area is 550 Å². The monoisotopic (exact) mass is 1260 g/mol. The molecule has 0 aliphatic carbocycles. The van der Waals surface area contributed by atoms with Gasteiger partial charge in [-0.05, 0) is 44.9 Å². The van der Waals surface area contributed by atoms with E-state index in [4.69, 9.17) is 9.05 Å². The average molecular weight is 1260 g/mol. The molecule has 0 spiro atoms. The Hall–Kier alpha value is -1.28. The summed E-state index contributed by atoms with van der Waals surface area (Å²) in [7, 11) is 1.25. The van der Waals surface area contributed by atoms with Crippen LogP contribution in [0, 0.1) is 0 Å². The van der Waals surface area contributed by atoms with Crippen LogP contribution < -0.4 is 10.2 Å². The van der Waals surface area contributed by atoms with Crippen molar-refractivity contribution in [3.05, 3.63) is 36.5 Å². The minimum absolute atomic E-state index is 0.00694. The number of nitrogens with zero attached hydrogens (tertiary/aromatic N) is 1. The second-order valence-electron chi connectivity index (χ2n) is 28.4. The van der Waals surface area contributed by atoms with Crippen molar-refractivity contribution in [2.45, 2.75) is 424 Å². The van der Waals surface area contributed by atoms with Gasteiger partial charge in [-0.1, -0.05) is 397 Å². The molecule has 0 saturated heterocycles. The van der Waals surface area contributed by atoms with Gasteiger partial charge >= 0.3 is 0 Å². The number of unbranched alkanes of at least 4 members (excludes halogenated alkanes) is 57. The zero-order valence-corrected chi connectivity index (χ0v) is 60.9. The van der Waals surface area contributed by atoms with Crippen molar-refractivity contribution in [3.63, 3.8) is 0 Å². The normalized spacial score (nSPS) is 13.7. The van der Waals surface area contributed by atoms with Crippen molar-refractivity contribution >= 4 is 13.7 Å². The summed E-state index contributed by atoms with van der Waals surface area (Å²) in [4.78, 5) is 25.7. The molecule has 8 nitrogen and oxygen atoms in total. The van der Waals surface area contributed by atoms with E-state index in [2.05, 4.69) is 43.5 Å². The minimum atomic E-state index is -4.62. The van der Waals surface area contributed by atoms with Gasteiger partial charge in [-0.15, -0.1) is 0 Å². The number of hydrogen-bond donors (Lipinski definition) is 2. The first-order chi connectivity index (χ1) is 43.0. The highest BCUT2D eigenvalue weighted by Crippen LogP contribution is 2.38. The number of quaternary nitrogens is 1. The average Bonchev–Trinajstić information content (AvgIpc) is 3.65. The van der Waals surface area contributed by atoms with Crippen molar-refractivity contribution in [2.24, 2.45) is 0 Å². The highest BCUT2D eigenvalue weighted by Gasteiger charge is 2.23. The first-order valence-electron chi connectivity index (χ1n) is 39.4. The number of nitrogens with one attached hydrogen (secondary N) is 1. The van der Waals surface area contributed by atoms with Crippen LogP contribution in [0.4, 0.5) is 0 Å². The molecule has 2 N–H and O–H groups in total. The van der Waals surface area contributed by atoms with E-state index in [1.54, 1.807) is 6.08 Å². The smallest absolute Gasteiger partial charge is 0.268 e. The molecule has 0 fully saturated rings. The fraction of sp³-hybridized carbons (Fsp3) is 0.911. The lowest BCUT2D eigenvalue weighted by Crippen LogP contribution is -2.45. The number of rotatable bonds is 74. The van der Waals surface area contributed by atoms with Crippen molar-refractivity contribution < 1.29 is 32.9 Å². The summed E-state index contributed by atoms with van der Waals surface area (Å²) in [6.07, 6.45) is 94.7. The van der Waals surface area contributed by atoms with Crippen molar-refractivity contribution in [2.75, 3.05) is 40.9 Å². The zero-order chi connectivity index (χ0) is 64.1. The van der Waals surface area contributed by atoms with Crippen molar-refractivity contribution in [1.29, 1.82) is 0 Å². The Morgan fingerprint density at radius 3 is 0.920 bits per heavy atom. The number of amides is 1. The molecule has 0 radical (unpaired) electrons. The van der Waals surface area contributed by atoms with Crippen LogP contribution in [0.5, 0.6) is 0 Å². The summed E-state index contributed by atoms with van der Waals surface area (Å²) >= 11 is 0. The topological polar surface area (TPSA) is 108 Å². The van der Waals surface area contributed by atoms with Crippen LogP contribution in [0.25, 0.3) is 0 Å². The number of phosphoric ester groups is 1. The largest absolute Gasteiger partial charge is 0.756 e. The Morgan fingerprint density at radius 2 is 0.636 bits per heavy atom. The van der Waals surface area contributed by atoms with Crippen LogP contribution >= 0.6 is 7.82 Å².